The van der Waals surface area contributed by atoms with Crippen LogP contribution in [-0.2, 0) is 20.9 Å². The number of nitro groups is 1. The zero-order valence-corrected chi connectivity index (χ0v) is 11.3. The Balaban J connectivity index is 2.69. The maximum atomic E-state index is 12.0. The monoisotopic (exact) mass is 284 g/mol. The fraction of sp³-hybridized carbons (Fsp3) is 0.545. The van der Waals surface area contributed by atoms with E-state index < -0.39 is 10.9 Å². The van der Waals surface area contributed by atoms with Crippen LogP contribution >= 0.6 is 0 Å². The first-order valence-electron chi connectivity index (χ1n) is 5.99. The molecule has 0 radical (unpaired) electrons. The molecule has 0 aliphatic rings. The molecule has 0 aromatic carbocycles. The lowest BCUT2D eigenvalue weighted by Crippen LogP contribution is -2.38. The Labute approximate surface area is 115 Å². The zero-order chi connectivity index (χ0) is 15.1. The fourth-order valence-electron chi connectivity index (χ4n) is 1.55. The van der Waals surface area contributed by atoms with Gasteiger partial charge in [0.15, 0.2) is 0 Å². The van der Waals surface area contributed by atoms with Crippen LogP contribution in [0.2, 0.25) is 0 Å². The van der Waals surface area contributed by atoms with E-state index in [1.807, 2.05) is 6.92 Å². The number of esters is 1. The van der Waals surface area contributed by atoms with Gasteiger partial charge in [-0.25, -0.2) is 0 Å². The molecule has 20 heavy (non-hydrogen) atoms. The van der Waals surface area contributed by atoms with Crippen LogP contribution in [0.1, 0.15) is 13.3 Å². The molecular formula is C11H16N4O5. The first-order valence-corrected chi connectivity index (χ1v) is 5.99. The van der Waals surface area contributed by atoms with Crippen molar-refractivity contribution in [3.63, 3.8) is 0 Å². The van der Waals surface area contributed by atoms with Gasteiger partial charge in [-0.05, 0) is 6.42 Å². The molecule has 0 spiro atoms. The Kier molecular flexibility index (Phi) is 5.63. The van der Waals surface area contributed by atoms with Crippen molar-refractivity contribution in [2.45, 2.75) is 19.9 Å². The Morgan fingerprint density at radius 1 is 1.55 bits per heavy atom. The third-order valence-electron chi connectivity index (χ3n) is 2.52. The quantitative estimate of drug-likeness (QED) is 0.402. The van der Waals surface area contributed by atoms with Crippen molar-refractivity contribution in [3.05, 3.63) is 22.5 Å². The molecule has 0 N–H and O–H groups in total. The maximum Gasteiger partial charge on any atom is 0.325 e. The lowest BCUT2D eigenvalue weighted by Gasteiger charge is -2.20. The molecule has 9 heteroatoms. The summed E-state index contributed by atoms with van der Waals surface area (Å²) in [7, 11) is 1.24. The fourth-order valence-corrected chi connectivity index (χ4v) is 1.55. The number of carbonyl (C=O) groups is 2. The molecule has 0 unspecified atom stereocenters. The highest BCUT2D eigenvalue weighted by molar-refractivity contribution is 5.81. The van der Waals surface area contributed by atoms with Crippen LogP contribution in [0.3, 0.4) is 0 Å². The predicted molar refractivity (Wildman–Crippen MR) is 67.8 cm³/mol. The molecule has 0 fully saturated rings. The highest BCUT2D eigenvalue weighted by atomic mass is 16.6. The molecule has 110 valence electrons. The summed E-state index contributed by atoms with van der Waals surface area (Å²) >= 11 is 0. The van der Waals surface area contributed by atoms with E-state index in [1.54, 1.807) is 0 Å². The van der Waals surface area contributed by atoms with E-state index in [0.717, 1.165) is 6.20 Å². The van der Waals surface area contributed by atoms with Gasteiger partial charge < -0.3 is 9.64 Å². The SMILES string of the molecule is CCCN(CC(=O)OC)C(=O)Cn1cc([N+](=O)[O-])cn1. The van der Waals surface area contributed by atoms with Gasteiger partial charge in [0.05, 0.1) is 12.0 Å². The normalized spacial score (nSPS) is 10.1. The lowest BCUT2D eigenvalue weighted by atomic mass is 10.3. The van der Waals surface area contributed by atoms with Crippen LogP contribution in [0.15, 0.2) is 12.4 Å². The second-order valence-electron chi connectivity index (χ2n) is 4.04. The number of rotatable bonds is 7. The van der Waals surface area contributed by atoms with Gasteiger partial charge in [0.25, 0.3) is 0 Å². The second-order valence-corrected chi connectivity index (χ2v) is 4.04. The summed E-state index contributed by atoms with van der Waals surface area (Å²) in [5.74, 6) is -0.867. The smallest absolute Gasteiger partial charge is 0.325 e. The summed E-state index contributed by atoms with van der Waals surface area (Å²) in [5, 5.41) is 14.2. The molecule has 0 saturated heterocycles. The highest BCUT2D eigenvalue weighted by Crippen LogP contribution is 2.08. The highest BCUT2D eigenvalue weighted by Gasteiger charge is 2.18. The Hall–Kier alpha value is -2.45. The van der Waals surface area contributed by atoms with Crippen LogP contribution in [0, 0.1) is 10.1 Å². The van der Waals surface area contributed by atoms with Crippen molar-refractivity contribution in [2.24, 2.45) is 0 Å². The Morgan fingerprint density at radius 2 is 2.25 bits per heavy atom. The van der Waals surface area contributed by atoms with Gasteiger partial charge in [-0.2, -0.15) is 5.10 Å². The summed E-state index contributed by atoms with van der Waals surface area (Å²) < 4.78 is 5.69. The standard InChI is InChI=1S/C11H16N4O5/c1-3-4-13(8-11(17)20-2)10(16)7-14-6-9(5-12-14)15(18)19/h5-6H,3-4,7-8H2,1-2H3. The molecule has 9 nitrogen and oxygen atoms in total. The molecule has 0 saturated carbocycles. The van der Waals surface area contributed by atoms with Crippen LogP contribution in [0.4, 0.5) is 5.69 Å². The van der Waals surface area contributed by atoms with Gasteiger partial charge >= 0.3 is 11.7 Å². The van der Waals surface area contributed by atoms with Crippen LogP contribution in [0.25, 0.3) is 0 Å². The average molecular weight is 284 g/mol. The third-order valence-corrected chi connectivity index (χ3v) is 2.52. The molecule has 1 aromatic rings. The number of aromatic nitrogens is 2. The van der Waals surface area contributed by atoms with Crippen LogP contribution in [-0.4, -0.2) is 51.7 Å². The van der Waals surface area contributed by atoms with Gasteiger partial charge in [0, 0.05) is 6.54 Å². The Bertz CT molecular complexity index is 499. The predicted octanol–water partition coefficient (Wildman–Crippen LogP) is 0.203. The summed E-state index contributed by atoms with van der Waals surface area (Å²) in [6.45, 7) is 1.96. The number of hydrogen-bond acceptors (Lipinski definition) is 6. The maximum absolute atomic E-state index is 12.0. The first kappa shape index (κ1) is 15.6. The summed E-state index contributed by atoms with van der Waals surface area (Å²) in [6.07, 6.45) is 2.92. The topological polar surface area (TPSA) is 108 Å². The van der Waals surface area contributed by atoms with Crippen LogP contribution in [0.5, 0.6) is 0 Å². The average Bonchev–Trinajstić information content (AvgIpc) is 2.86. The minimum absolute atomic E-state index is 0.146. The van der Waals surface area contributed by atoms with E-state index in [0.29, 0.717) is 13.0 Å². The van der Waals surface area contributed by atoms with Gasteiger partial charge in [0.2, 0.25) is 5.91 Å². The summed E-state index contributed by atoms with van der Waals surface area (Å²) in [5.41, 5.74) is -0.187. The van der Waals surface area contributed by atoms with E-state index in [9.17, 15) is 19.7 Å². The summed E-state index contributed by atoms with van der Waals surface area (Å²) in [4.78, 5) is 34.5. The molecule has 1 amide bonds. The van der Waals surface area contributed by atoms with Gasteiger partial charge in [-0.1, -0.05) is 6.92 Å². The van der Waals surface area contributed by atoms with Gasteiger partial charge in [-0.15, -0.1) is 0 Å². The number of carbonyl (C=O) groups excluding carboxylic acids is 2. The number of nitrogens with zero attached hydrogens (tertiary/aromatic N) is 4. The number of methoxy groups -OCH3 is 1. The van der Waals surface area contributed by atoms with Crippen molar-refractivity contribution in [1.29, 1.82) is 0 Å². The molecule has 1 heterocycles. The minimum atomic E-state index is -0.591. The second kappa shape index (κ2) is 7.22. The number of ether oxygens (including phenoxy) is 1. The van der Waals surface area contributed by atoms with E-state index >= 15 is 0 Å². The lowest BCUT2D eigenvalue weighted by molar-refractivity contribution is -0.385. The van der Waals surface area contributed by atoms with Crippen molar-refractivity contribution < 1.29 is 19.2 Å². The van der Waals surface area contributed by atoms with Crippen molar-refractivity contribution in [1.82, 2.24) is 14.7 Å². The Morgan fingerprint density at radius 3 is 2.75 bits per heavy atom. The number of amides is 1. The van der Waals surface area contributed by atoms with Crippen molar-refractivity contribution in [3.8, 4) is 0 Å². The van der Waals surface area contributed by atoms with Gasteiger partial charge in [0.1, 0.15) is 25.5 Å². The molecule has 0 bridgehead atoms. The third kappa shape index (κ3) is 4.34. The van der Waals surface area contributed by atoms with E-state index in [2.05, 4.69) is 9.84 Å². The molecular weight excluding hydrogens is 268 g/mol. The van der Waals surface area contributed by atoms with Crippen molar-refractivity contribution in [2.75, 3.05) is 20.2 Å². The molecule has 1 aromatic heterocycles. The first-order chi connectivity index (χ1) is 9.47. The van der Waals surface area contributed by atoms with E-state index in [1.165, 1.54) is 22.9 Å². The molecule has 0 atom stereocenters. The molecule has 1 rings (SSSR count). The largest absolute Gasteiger partial charge is 0.468 e. The minimum Gasteiger partial charge on any atom is -0.468 e. The number of hydrogen-bond donors (Lipinski definition) is 0. The van der Waals surface area contributed by atoms with Gasteiger partial charge in [-0.3, -0.25) is 24.4 Å². The van der Waals surface area contributed by atoms with E-state index in [-0.39, 0.29) is 24.7 Å². The molecule has 0 aliphatic carbocycles. The van der Waals surface area contributed by atoms with Crippen LogP contribution < -0.4 is 0 Å². The van der Waals surface area contributed by atoms with E-state index in [4.69, 9.17) is 0 Å². The molecule has 0 aliphatic heterocycles. The zero-order valence-electron chi connectivity index (χ0n) is 11.3. The van der Waals surface area contributed by atoms with Crippen molar-refractivity contribution >= 4 is 17.6 Å². The summed E-state index contributed by atoms with van der Waals surface area (Å²) in [6, 6.07) is 0.